The number of aromatic nitrogens is 1. The van der Waals surface area contributed by atoms with Crippen LogP contribution in [0.4, 0.5) is 5.13 Å². The number of halogens is 1. The number of thiazole rings is 1. The lowest BCUT2D eigenvalue weighted by molar-refractivity contribution is 0.401. The number of hydrogen-bond donors (Lipinski definition) is 0. The number of piperidine rings is 1. The first kappa shape index (κ1) is 22.1. The first-order chi connectivity index (χ1) is 14.9. The lowest BCUT2D eigenvalue weighted by atomic mass is 10.1. The number of anilines is 1. The molecule has 1 aliphatic heterocycles. The molecule has 0 amide bonds. The molecule has 4 rings (SSSR count). The number of methoxy groups -OCH3 is 2. The fourth-order valence-electron chi connectivity index (χ4n) is 3.80. The summed E-state index contributed by atoms with van der Waals surface area (Å²) in [4.78, 5) is 7.19. The van der Waals surface area contributed by atoms with Crippen molar-refractivity contribution in [2.75, 3.05) is 32.2 Å². The SMILES string of the molecule is COc1ccccc1-c1csc(N2CCC(S(=O)(=O)c3cc(Br)ccc3OC)CC2)n1. The molecule has 2 aromatic carbocycles. The zero-order chi connectivity index (χ0) is 22.0. The molecule has 0 N–H and O–H groups in total. The van der Waals surface area contributed by atoms with Crippen molar-refractivity contribution in [3.05, 3.63) is 52.3 Å². The lowest BCUT2D eigenvalue weighted by Crippen LogP contribution is -2.39. The molecule has 6 nitrogen and oxygen atoms in total. The second kappa shape index (κ2) is 9.18. The van der Waals surface area contributed by atoms with Crippen LogP contribution in [-0.4, -0.2) is 46.0 Å². The zero-order valence-corrected chi connectivity index (χ0v) is 20.5. The van der Waals surface area contributed by atoms with Gasteiger partial charge in [0.15, 0.2) is 15.0 Å². The first-order valence-corrected chi connectivity index (χ1v) is 13.1. The predicted octanol–water partition coefficient (Wildman–Crippen LogP) is 5.03. The minimum absolute atomic E-state index is 0.246. The Balaban J connectivity index is 1.50. The van der Waals surface area contributed by atoms with Crippen LogP contribution in [0.25, 0.3) is 11.3 Å². The highest BCUT2D eigenvalue weighted by Crippen LogP contribution is 2.36. The summed E-state index contributed by atoms with van der Waals surface area (Å²) >= 11 is 4.94. The van der Waals surface area contributed by atoms with E-state index in [1.807, 2.05) is 29.6 Å². The van der Waals surface area contributed by atoms with Crippen molar-refractivity contribution in [1.82, 2.24) is 4.98 Å². The van der Waals surface area contributed by atoms with Crippen molar-refractivity contribution in [2.24, 2.45) is 0 Å². The molecule has 0 radical (unpaired) electrons. The predicted molar refractivity (Wildman–Crippen MR) is 127 cm³/mol. The third-order valence-electron chi connectivity index (χ3n) is 5.46. The average molecular weight is 523 g/mol. The van der Waals surface area contributed by atoms with Gasteiger partial charge in [-0.15, -0.1) is 11.3 Å². The molecular weight excluding hydrogens is 500 g/mol. The van der Waals surface area contributed by atoms with Gasteiger partial charge in [-0.05, 0) is 43.2 Å². The Morgan fingerprint density at radius 1 is 1.06 bits per heavy atom. The van der Waals surface area contributed by atoms with E-state index in [9.17, 15) is 8.42 Å². The molecule has 0 bridgehead atoms. The summed E-state index contributed by atoms with van der Waals surface area (Å²) in [6, 6.07) is 12.9. The van der Waals surface area contributed by atoms with Crippen LogP contribution >= 0.6 is 27.3 Å². The van der Waals surface area contributed by atoms with Gasteiger partial charge < -0.3 is 14.4 Å². The zero-order valence-electron chi connectivity index (χ0n) is 17.2. The molecule has 0 atom stereocenters. The van der Waals surface area contributed by atoms with Crippen molar-refractivity contribution in [3.8, 4) is 22.8 Å². The molecule has 1 aromatic heterocycles. The molecule has 1 saturated heterocycles. The van der Waals surface area contributed by atoms with Gasteiger partial charge in [0, 0.05) is 28.5 Å². The van der Waals surface area contributed by atoms with Crippen molar-refractivity contribution in [1.29, 1.82) is 0 Å². The van der Waals surface area contributed by atoms with Crippen LogP contribution in [0.15, 0.2) is 57.2 Å². The monoisotopic (exact) mass is 522 g/mol. The van der Waals surface area contributed by atoms with Crippen LogP contribution in [0, 0.1) is 0 Å². The van der Waals surface area contributed by atoms with Gasteiger partial charge in [-0.3, -0.25) is 0 Å². The van der Waals surface area contributed by atoms with E-state index < -0.39 is 15.1 Å². The Bertz CT molecular complexity index is 1170. The van der Waals surface area contributed by atoms with E-state index in [1.165, 1.54) is 7.11 Å². The average Bonchev–Trinajstić information content (AvgIpc) is 3.29. The Labute approximate surface area is 194 Å². The molecule has 1 fully saturated rings. The van der Waals surface area contributed by atoms with Gasteiger partial charge in [-0.25, -0.2) is 13.4 Å². The van der Waals surface area contributed by atoms with Crippen molar-refractivity contribution in [3.63, 3.8) is 0 Å². The number of hydrogen-bond acceptors (Lipinski definition) is 7. The summed E-state index contributed by atoms with van der Waals surface area (Å²) in [7, 11) is -0.352. The largest absolute Gasteiger partial charge is 0.496 e. The number of benzene rings is 2. The smallest absolute Gasteiger partial charge is 0.185 e. The molecule has 164 valence electrons. The fraction of sp³-hybridized carbons (Fsp3) is 0.318. The second-order valence-electron chi connectivity index (χ2n) is 7.24. The van der Waals surface area contributed by atoms with E-state index in [-0.39, 0.29) is 4.90 Å². The summed E-state index contributed by atoms with van der Waals surface area (Å²) in [6.07, 6.45) is 1.09. The third-order valence-corrected chi connectivity index (χ3v) is 9.13. The highest BCUT2D eigenvalue weighted by Gasteiger charge is 2.34. The van der Waals surface area contributed by atoms with E-state index in [0.29, 0.717) is 31.7 Å². The van der Waals surface area contributed by atoms with E-state index in [4.69, 9.17) is 14.5 Å². The van der Waals surface area contributed by atoms with E-state index >= 15 is 0 Å². The first-order valence-electron chi connectivity index (χ1n) is 9.85. The molecule has 0 spiro atoms. The summed E-state index contributed by atoms with van der Waals surface area (Å²) in [5, 5.41) is 2.47. The van der Waals surface area contributed by atoms with Gasteiger partial charge in [0.1, 0.15) is 16.4 Å². The highest BCUT2D eigenvalue weighted by atomic mass is 79.9. The quantitative estimate of drug-likeness (QED) is 0.452. The van der Waals surface area contributed by atoms with Gasteiger partial charge in [0.25, 0.3) is 0 Å². The molecular formula is C22H23BrN2O4S2. The number of para-hydroxylation sites is 1. The Morgan fingerprint density at radius 3 is 2.48 bits per heavy atom. The fourth-order valence-corrected chi connectivity index (χ4v) is 7.10. The van der Waals surface area contributed by atoms with Crippen LogP contribution in [0.5, 0.6) is 11.5 Å². The topological polar surface area (TPSA) is 68.7 Å². The molecule has 9 heteroatoms. The van der Waals surface area contributed by atoms with Gasteiger partial charge in [0.05, 0.1) is 25.2 Å². The minimum Gasteiger partial charge on any atom is -0.496 e. The Hall–Kier alpha value is -2.10. The summed E-state index contributed by atoms with van der Waals surface area (Å²) in [5.41, 5.74) is 1.82. The summed E-state index contributed by atoms with van der Waals surface area (Å²) in [6.45, 7) is 1.28. The van der Waals surface area contributed by atoms with Crippen LogP contribution in [0.2, 0.25) is 0 Å². The van der Waals surface area contributed by atoms with Crippen molar-refractivity contribution in [2.45, 2.75) is 23.0 Å². The van der Waals surface area contributed by atoms with E-state index in [2.05, 4.69) is 20.8 Å². The minimum atomic E-state index is -3.49. The maximum absolute atomic E-state index is 13.3. The van der Waals surface area contributed by atoms with Gasteiger partial charge in [-0.2, -0.15) is 0 Å². The van der Waals surface area contributed by atoms with Crippen molar-refractivity contribution < 1.29 is 17.9 Å². The van der Waals surface area contributed by atoms with Gasteiger partial charge in [0.2, 0.25) is 0 Å². The molecule has 2 heterocycles. The van der Waals surface area contributed by atoms with Crippen molar-refractivity contribution >= 4 is 42.2 Å². The number of nitrogens with zero attached hydrogens (tertiary/aromatic N) is 2. The highest BCUT2D eigenvalue weighted by molar-refractivity contribution is 9.10. The van der Waals surface area contributed by atoms with Crippen LogP contribution in [-0.2, 0) is 9.84 Å². The standard InChI is InChI=1S/C22H23BrN2O4S2/c1-28-19-6-4-3-5-17(19)18-14-30-22(24-18)25-11-9-16(10-12-25)31(26,27)21-13-15(23)7-8-20(21)29-2/h3-8,13-14,16H,9-12H2,1-2H3. The molecule has 0 unspecified atom stereocenters. The molecule has 3 aromatic rings. The van der Waals surface area contributed by atoms with E-state index in [1.54, 1.807) is 36.6 Å². The second-order valence-corrected chi connectivity index (χ2v) is 11.2. The van der Waals surface area contributed by atoms with Gasteiger partial charge in [-0.1, -0.05) is 28.1 Å². The third kappa shape index (κ3) is 4.44. The van der Waals surface area contributed by atoms with Gasteiger partial charge >= 0.3 is 0 Å². The summed E-state index contributed by atoms with van der Waals surface area (Å²) < 4.78 is 38.0. The molecule has 0 aliphatic carbocycles. The van der Waals surface area contributed by atoms with E-state index in [0.717, 1.165) is 26.6 Å². The lowest BCUT2D eigenvalue weighted by Gasteiger charge is -2.31. The number of ether oxygens (including phenoxy) is 2. The summed E-state index contributed by atoms with van der Waals surface area (Å²) in [5.74, 6) is 1.17. The normalized spacial score (nSPS) is 15.1. The Kier molecular flexibility index (Phi) is 6.55. The molecule has 1 aliphatic rings. The maximum atomic E-state index is 13.3. The number of rotatable bonds is 6. The van der Waals surface area contributed by atoms with Crippen LogP contribution < -0.4 is 14.4 Å². The molecule has 31 heavy (non-hydrogen) atoms. The number of sulfone groups is 1. The maximum Gasteiger partial charge on any atom is 0.185 e. The van der Waals surface area contributed by atoms with Crippen LogP contribution in [0.3, 0.4) is 0 Å². The van der Waals surface area contributed by atoms with Crippen LogP contribution in [0.1, 0.15) is 12.8 Å². The Morgan fingerprint density at radius 2 is 1.77 bits per heavy atom. The molecule has 0 saturated carbocycles.